The van der Waals surface area contributed by atoms with E-state index in [2.05, 4.69) is 16.4 Å². The molecule has 0 atom stereocenters. The maximum absolute atomic E-state index is 12.6. The zero-order valence-corrected chi connectivity index (χ0v) is 12.0. The number of fused-ring (bicyclic) bond motifs is 2. The Labute approximate surface area is 128 Å². The first kappa shape index (κ1) is 12.8. The summed E-state index contributed by atoms with van der Waals surface area (Å²) in [5.41, 5.74) is 3.76. The van der Waals surface area contributed by atoms with Gasteiger partial charge in [0.25, 0.3) is 0 Å². The molecule has 0 fully saturated rings. The Morgan fingerprint density at radius 2 is 1.91 bits per heavy atom. The van der Waals surface area contributed by atoms with Crippen LogP contribution in [0.5, 0.6) is 0 Å². The van der Waals surface area contributed by atoms with Crippen molar-refractivity contribution in [3.8, 4) is 0 Å². The highest BCUT2D eigenvalue weighted by Gasteiger charge is 2.24. The van der Waals surface area contributed by atoms with Crippen molar-refractivity contribution in [1.82, 2.24) is 4.98 Å². The highest BCUT2D eigenvalue weighted by molar-refractivity contribution is 6.07. The average Bonchev–Trinajstić information content (AvgIpc) is 2.99. The molecule has 1 aliphatic rings. The highest BCUT2D eigenvalue weighted by atomic mass is 16.2. The fourth-order valence-corrected chi connectivity index (χ4v) is 2.94. The van der Waals surface area contributed by atoms with Crippen LogP contribution in [0.1, 0.15) is 5.56 Å². The largest absolute Gasteiger partial charge is 0.326 e. The number of nitrogens with one attached hydrogen (secondary N) is 1. The Morgan fingerprint density at radius 3 is 2.86 bits per heavy atom. The van der Waals surface area contributed by atoms with Crippen molar-refractivity contribution >= 4 is 28.3 Å². The van der Waals surface area contributed by atoms with Crippen LogP contribution in [-0.2, 0) is 6.42 Å². The van der Waals surface area contributed by atoms with Crippen LogP contribution in [0.4, 0.5) is 16.2 Å². The van der Waals surface area contributed by atoms with E-state index in [1.165, 1.54) is 5.56 Å². The molecule has 1 aliphatic heterocycles. The molecule has 4 rings (SSSR count). The van der Waals surface area contributed by atoms with Gasteiger partial charge in [0, 0.05) is 23.8 Å². The Hall–Kier alpha value is -2.88. The summed E-state index contributed by atoms with van der Waals surface area (Å²) < 4.78 is 0. The van der Waals surface area contributed by atoms with Crippen molar-refractivity contribution in [3.63, 3.8) is 0 Å². The number of amides is 2. The minimum absolute atomic E-state index is 0.108. The van der Waals surface area contributed by atoms with Gasteiger partial charge in [-0.2, -0.15) is 0 Å². The number of rotatable bonds is 1. The number of hydrogen-bond donors (Lipinski definition) is 1. The van der Waals surface area contributed by atoms with Gasteiger partial charge < -0.3 is 5.32 Å². The van der Waals surface area contributed by atoms with Gasteiger partial charge in [0.15, 0.2) is 0 Å². The fraction of sp³-hybridized carbons (Fsp3) is 0.111. The number of nitrogens with zero attached hydrogens (tertiary/aromatic N) is 2. The van der Waals surface area contributed by atoms with Gasteiger partial charge in [0.05, 0.1) is 11.2 Å². The zero-order valence-electron chi connectivity index (χ0n) is 12.0. The van der Waals surface area contributed by atoms with E-state index in [-0.39, 0.29) is 6.03 Å². The van der Waals surface area contributed by atoms with Crippen molar-refractivity contribution in [2.45, 2.75) is 6.42 Å². The van der Waals surface area contributed by atoms with Crippen LogP contribution in [0.2, 0.25) is 0 Å². The number of anilines is 2. The summed E-state index contributed by atoms with van der Waals surface area (Å²) in [6.45, 7) is 0.712. The molecule has 0 radical (unpaired) electrons. The number of carbonyl (C=O) groups is 1. The number of para-hydroxylation sites is 2. The van der Waals surface area contributed by atoms with E-state index in [1.807, 2.05) is 48.5 Å². The van der Waals surface area contributed by atoms with E-state index in [9.17, 15) is 4.79 Å². The number of hydrogen-bond acceptors (Lipinski definition) is 2. The second-order valence-electron chi connectivity index (χ2n) is 5.34. The molecule has 3 aromatic rings. The molecule has 22 heavy (non-hydrogen) atoms. The number of aromatic nitrogens is 1. The Balaban J connectivity index is 1.65. The summed E-state index contributed by atoms with van der Waals surface area (Å²) in [4.78, 5) is 18.8. The standard InChI is InChI=1S/C18H15N3O/c22-18(21-12-10-13-5-1-2-9-16(13)21)20-15-8-3-6-14-7-4-11-19-17(14)15/h1-9,11H,10,12H2,(H,20,22). The van der Waals surface area contributed by atoms with Crippen molar-refractivity contribution in [3.05, 3.63) is 66.4 Å². The fourth-order valence-electron chi connectivity index (χ4n) is 2.94. The molecule has 0 saturated heterocycles. The lowest BCUT2D eigenvalue weighted by Gasteiger charge is -2.18. The summed E-state index contributed by atoms with van der Waals surface area (Å²) >= 11 is 0. The maximum atomic E-state index is 12.6. The molecule has 2 amide bonds. The monoisotopic (exact) mass is 289 g/mol. The number of pyridine rings is 1. The SMILES string of the molecule is O=C(Nc1cccc2cccnc12)N1CCc2ccccc21. The van der Waals surface area contributed by atoms with E-state index in [0.29, 0.717) is 6.54 Å². The Bertz CT molecular complexity index is 854. The molecular weight excluding hydrogens is 274 g/mol. The number of benzene rings is 2. The van der Waals surface area contributed by atoms with Gasteiger partial charge in [0.1, 0.15) is 0 Å². The van der Waals surface area contributed by atoms with Gasteiger partial charge >= 0.3 is 6.03 Å². The molecule has 4 nitrogen and oxygen atoms in total. The topological polar surface area (TPSA) is 45.2 Å². The van der Waals surface area contributed by atoms with E-state index in [1.54, 1.807) is 11.1 Å². The second-order valence-corrected chi connectivity index (χ2v) is 5.34. The summed E-state index contributed by atoms with van der Waals surface area (Å²) in [5, 5.41) is 4.01. The summed E-state index contributed by atoms with van der Waals surface area (Å²) in [5.74, 6) is 0. The Kier molecular flexibility index (Phi) is 3.00. The lowest BCUT2D eigenvalue weighted by molar-refractivity contribution is 0.257. The van der Waals surface area contributed by atoms with E-state index < -0.39 is 0 Å². The van der Waals surface area contributed by atoms with Crippen LogP contribution in [0, 0.1) is 0 Å². The lowest BCUT2D eigenvalue weighted by atomic mass is 10.2. The molecule has 1 aromatic heterocycles. The first-order valence-electron chi connectivity index (χ1n) is 7.33. The predicted octanol–water partition coefficient (Wildman–Crippen LogP) is 3.83. The number of urea groups is 1. The molecule has 1 N–H and O–H groups in total. The summed E-state index contributed by atoms with van der Waals surface area (Å²) in [6.07, 6.45) is 2.64. The van der Waals surface area contributed by atoms with Gasteiger partial charge in [-0.25, -0.2) is 4.79 Å². The normalized spacial score (nSPS) is 13.2. The van der Waals surface area contributed by atoms with Gasteiger partial charge in [-0.3, -0.25) is 9.88 Å². The molecule has 0 aliphatic carbocycles. The van der Waals surface area contributed by atoms with Crippen LogP contribution in [0.25, 0.3) is 10.9 Å². The minimum atomic E-state index is -0.108. The van der Waals surface area contributed by atoms with Crippen LogP contribution in [-0.4, -0.2) is 17.6 Å². The molecule has 0 unspecified atom stereocenters. The zero-order chi connectivity index (χ0) is 14.9. The van der Waals surface area contributed by atoms with Gasteiger partial charge in [-0.05, 0) is 30.2 Å². The molecule has 2 aromatic carbocycles. The third-order valence-corrected chi connectivity index (χ3v) is 4.01. The summed E-state index contributed by atoms with van der Waals surface area (Å²) in [7, 11) is 0. The third-order valence-electron chi connectivity index (χ3n) is 4.01. The van der Waals surface area contributed by atoms with Gasteiger partial charge in [-0.1, -0.05) is 36.4 Å². The lowest BCUT2D eigenvalue weighted by Crippen LogP contribution is -2.33. The quantitative estimate of drug-likeness (QED) is 0.740. The Morgan fingerprint density at radius 1 is 1.05 bits per heavy atom. The first-order chi connectivity index (χ1) is 10.8. The van der Waals surface area contributed by atoms with E-state index in [0.717, 1.165) is 28.7 Å². The molecule has 2 heterocycles. The summed E-state index contributed by atoms with van der Waals surface area (Å²) in [6, 6.07) is 17.6. The van der Waals surface area contributed by atoms with E-state index in [4.69, 9.17) is 0 Å². The van der Waals surface area contributed by atoms with Crippen molar-refractivity contribution in [2.24, 2.45) is 0 Å². The van der Waals surface area contributed by atoms with Gasteiger partial charge in [-0.15, -0.1) is 0 Å². The van der Waals surface area contributed by atoms with Crippen molar-refractivity contribution < 1.29 is 4.79 Å². The predicted molar refractivity (Wildman–Crippen MR) is 88.3 cm³/mol. The van der Waals surface area contributed by atoms with Crippen molar-refractivity contribution in [1.29, 1.82) is 0 Å². The van der Waals surface area contributed by atoms with Gasteiger partial charge in [0.2, 0.25) is 0 Å². The molecule has 4 heteroatoms. The molecular formula is C18H15N3O. The van der Waals surface area contributed by atoms with E-state index >= 15 is 0 Å². The van der Waals surface area contributed by atoms with Crippen molar-refractivity contribution in [2.75, 3.05) is 16.8 Å². The second kappa shape index (κ2) is 5.15. The number of carbonyl (C=O) groups excluding carboxylic acids is 1. The molecule has 0 saturated carbocycles. The minimum Gasteiger partial charge on any atom is -0.305 e. The van der Waals surface area contributed by atoms with Crippen LogP contribution in [0.3, 0.4) is 0 Å². The first-order valence-corrected chi connectivity index (χ1v) is 7.33. The molecule has 0 spiro atoms. The highest BCUT2D eigenvalue weighted by Crippen LogP contribution is 2.28. The average molecular weight is 289 g/mol. The smallest absolute Gasteiger partial charge is 0.305 e. The van der Waals surface area contributed by atoms with Crippen LogP contribution < -0.4 is 10.2 Å². The van der Waals surface area contributed by atoms with Crippen LogP contribution >= 0.6 is 0 Å². The molecule has 108 valence electrons. The van der Waals surface area contributed by atoms with Crippen LogP contribution in [0.15, 0.2) is 60.8 Å². The molecule has 0 bridgehead atoms. The third kappa shape index (κ3) is 2.09. The maximum Gasteiger partial charge on any atom is 0.326 e.